The van der Waals surface area contributed by atoms with Gasteiger partial charge in [0.25, 0.3) is 0 Å². The van der Waals surface area contributed by atoms with Crippen LogP contribution in [-0.4, -0.2) is 6.54 Å². The van der Waals surface area contributed by atoms with Crippen LogP contribution in [-0.2, 0) is 6.42 Å². The van der Waals surface area contributed by atoms with Gasteiger partial charge in [0, 0.05) is 0 Å². The van der Waals surface area contributed by atoms with E-state index in [4.69, 9.17) is 5.73 Å². The van der Waals surface area contributed by atoms with Gasteiger partial charge in [0.05, 0.1) is 0 Å². The van der Waals surface area contributed by atoms with Crippen molar-refractivity contribution in [2.45, 2.75) is 44.9 Å². The molecule has 0 aliphatic heterocycles. The highest BCUT2D eigenvalue weighted by molar-refractivity contribution is 5.50. The van der Waals surface area contributed by atoms with E-state index >= 15 is 0 Å². The van der Waals surface area contributed by atoms with Gasteiger partial charge in [0.1, 0.15) is 0 Å². The molecule has 1 nitrogen and oxygen atoms in total. The van der Waals surface area contributed by atoms with Crippen molar-refractivity contribution in [3.8, 4) is 0 Å². The lowest BCUT2D eigenvalue weighted by Crippen LogP contribution is -2.02. The fourth-order valence-electron chi connectivity index (χ4n) is 2.73. The van der Waals surface area contributed by atoms with E-state index in [0.717, 1.165) is 25.3 Å². The molecule has 1 fully saturated rings. The quantitative estimate of drug-likeness (QED) is 0.825. The average molecular weight is 243 g/mol. The van der Waals surface area contributed by atoms with Crippen molar-refractivity contribution in [1.29, 1.82) is 0 Å². The van der Waals surface area contributed by atoms with Crippen LogP contribution in [0.5, 0.6) is 0 Å². The molecule has 0 heterocycles. The Morgan fingerprint density at radius 3 is 2.78 bits per heavy atom. The average Bonchev–Trinajstić information content (AvgIpc) is 2.44. The van der Waals surface area contributed by atoms with E-state index in [1.54, 1.807) is 0 Å². The monoisotopic (exact) mass is 243 g/mol. The molecular formula is C17H25N. The molecule has 0 atom stereocenters. The van der Waals surface area contributed by atoms with Crippen LogP contribution in [0.1, 0.15) is 49.7 Å². The Labute approximate surface area is 111 Å². The summed E-state index contributed by atoms with van der Waals surface area (Å²) < 4.78 is 0. The van der Waals surface area contributed by atoms with Gasteiger partial charge in [-0.2, -0.15) is 0 Å². The van der Waals surface area contributed by atoms with Crippen molar-refractivity contribution in [3.05, 3.63) is 41.5 Å². The molecule has 0 aromatic heterocycles. The molecule has 0 saturated heterocycles. The van der Waals surface area contributed by atoms with E-state index in [1.807, 2.05) is 0 Å². The standard InChI is InChI=1S/C17H25N/c18-13-5-10-16-8-4-9-17(14-16)12-11-15-6-2-1-3-7-15/h4,8-9,11-12,14-15H,1-3,5-7,10,13,18H2/b12-11+. The molecule has 0 unspecified atom stereocenters. The maximum absolute atomic E-state index is 5.56. The SMILES string of the molecule is NCCCc1cccc(/C=C/C2CCCCC2)c1. The molecule has 18 heavy (non-hydrogen) atoms. The second-order valence-electron chi connectivity index (χ2n) is 5.39. The topological polar surface area (TPSA) is 26.0 Å². The fraction of sp³-hybridized carbons (Fsp3) is 0.529. The van der Waals surface area contributed by atoms with E-state index < -0.39 is 0 Å². The summed E-state index contributed by atoms with van der Waals surface area (Å²) in [5.74, 6) is 0.812. The van der Waals surface area contributed by atoms with Crippen LogP contribution in [0.2, 0.25) is 0 Å². The first kappa shape index (κ1) is 13.4. The van der Waals surface area contributed by atoms with Gasteiger partial charge in [-0.05, 0) is 49.3 Å². The zero-order valence-corrected chi connectivity index (χ0v) is 11.3. The number of allylic oxidation sites excluding steroid dienone is 1. The fourth-order valence-corrected chi connectivity index (χ4v) is 2.73. The summed E-state index contributed by atoms with van der Waals surface area (Å²) in [6, 6.07) is 8.86. The molecule has 2 N–H and O–H groups in total. The molecule has 1 aromatic rings. The lowest BCUT2D eigenvalue weighted by atomic mass is 9.88. The number of hydrogen-bond acceptors (Lipinski definition) is 1. The van der Waals surface area contributed by atoms with Crippen molar-refractivity contribution in [2.24, 2.45) is 11.7 Å². The van der Waals surface area contributed by atoms with Gasteiger partial charge in [0.15, 0.2) is 0 Å². The van der Waals surface area contributed by atoms with E-state index in [9.17, 15) is 0 Å². The zero-order valence-electron chi connectivity index (χ0n) is 11.3. The molecular weight excluding hydrogens is 218 g/mol. The van der Waals surface area contributed by atoms with Gasteiger partial charge in [-0.3, -0.25) is 0 Å². The Bertz CT molecular complexity index is 375. The highest BCUT2D eigenvalue weighted by atomic mass is 14.5. The van der Waals surface area contributed by atoms with Crippen molar-refractivity contribution >= 4 is 6.08 Å². The summed E-state index contributed by atoms with van der Waals surface area (Å²) in [6.45, 7) is 0.780. The van der Waals surface area contributed by atoms with Crippen LogP contribution >= 0.6 is 0 Å². The first-order valence-electron chi connectivity index (χ1n) is 7.36. The molecule has 0 radical (unpaired) electrons. The van der Waals surface area contributed by atoms with Crippen LogP contribution in [0.15, 0.2) is 30.3 Å². The third-order valence-corrected chi connectivity index (χ3v) is 3.83. The Kier molecular flexibility index (Phi) is 5.47. The Morgan fingerprint density at radius 1 is 1.17 bits per heavy atom. The van der Waals surface area contributed by atoms with Gasteiger partial charge >= 0.3 is 0 Å². The van der Waals surface area contributed by atoms with Gasteiger partial charge < -0.3 is 5.73 Å². The highest BCUT2D eigenvalue weighted by Crippen LogP contribution is 2.25. The minimum Gasteiger partial charge on any atom is -0.330 e. The summed E-state index contributed by atoms with van der Waals surface area (Å²) in [5.41, 5.74) is 8.31. The number of aryl methyl sites for hydroxylation is 1. The van der Waals surface area contributed by atoms with Crippen LogP contribution in [0.4, 0.5) is 0 Å². The maximum atomic E-state index is 5.56. The summed E-state index contributed by atoms with van der Waals surface area (Å²) >= 11 is 0. The second kappa shape index (κ2) is 7.38. The lowest BCUT2D eigenvalue weighted by molar-refractivity contribution is 0.420. The Balaban J connectivity index is 1.93. The minimum atomic E-state index is 0.780. The second-order valence-corrected chi connectivity index (χ2v) is 5.39. The molecule has 0 bridgehead atoms. The van der Waals surface area contributed by atoms with Crippen LogP contribution < -0.4 is 5.73 Å². The first-order valence-corrected chi connectivity index (χ1v) is 7.36. The molecule has 1 aliphatic carbocycles. The van der Waals surface area contributed by atoms with E-state index in [1.165, 1.54) is 43.2 Å². The predicted molar refractivity (Wildman–Crippen MR) is 79.4 cm³/mol. The van der Waals surface area contributed by atoms with E-state index in [0.29, 0.717) is 0 Å². The van der Waals surface area contributed by atoms with Crippen molar-refractivity contribution in [3.63, 3.8) is 0 Å². The molecule has 98 valence electrons. The highest BCUT2D eigenvalue weighted by Gasteiger charge is 2.09. The normalized spacial score (nSPS) is 17.4. The zero-order chi connectivity index (χ0) is 12.6. The van der Waals surface area contributed by atoms with E-state index in [-0.39, 0.29) is 0 Å². The third-order valence-electron chi connectivity index (χ3n) is 3.83. The van der Waals surface area contributed by atoms with Crippen LogP contribution in [0.25, 0.3) is 6.08 Å². The minimum absolute atomic E-state index is 0.780. The van der Waals surface area contributed by atoms with Crippen molar-refractivity contribution in [2.75, 3.05) is 6.54 Å². The van der Waals surface area contributed by atoms with Crippen LogP contribution in [0, 0.1) is 5.92 Å². The summed E-state index contributed by atoms with van der Waals surface area (Å²) in [6.07, 6.45) is 13.9. The Morgan fingerprint density at radius 2 is 2.00 bits per heavy atom. The summed E-state index contributed by atoms with van der Waals surface area (Å²) in [4.78, 5) is 0. The molecule has 1 saturated carbocycles. The number of hydrogen-bond donors (Lipinski definition) is 1. The van der Waals surface area contributed by atoms with Gasteiger partial charge in [0.2, 0.25) is 0 Å². The Hall–Kier alpha value is -1.08. The molecule has 0 spiro atoms. The van der Waals surface area contributed by atoms with Gasteiger partial charge in [-0.25, -0.2) is 0 Å². The van der Waals surface area contributed by atoms with Crippen molar-refractivity contribution < 1.29 is 0 Å². The molecule has 1 aromatic carbocycles. The smallest absolute Gasteiger partial charge is 0.00741 e. The third kappa shape index (κ3) is 4.30. The maximum Gasteiger partial charge on any atom is -0.00741 e. The number of nitrogens with two attached hydrogens (primary N) is 1. The molecule has 2 rings (SSSR count). The summed E-state index contributed by atoms with van der Waals surface area (Å²) in [7, 11) is 0. The molecule has 1 heteroatoms. The lowest BCUT2D eigenvalue weighted by Gasteiger charge is -2.17. The first-order chi connectivity index (χ1) is 8.88. The van der Waals surface area contributed by atoms with Gasteiger partial charge in [-0.15, -0.1) is 0 Å². The van der Waals surface area contributed by atoms with Gasteiger partial charge in [-0.1, -0.05) is 55.7 Å². The van der Waals surface area contributed by atoms with E-state index in [2.05, 4.69) is 36.4 Å². The van der Waals surface area contributed by atoms with Crippen LogP contribution in [0.3, 0.4) is 0 Å². The molecule has 0 amide bonds. The van der Waals surface area contributed by atoms with Crippen molar-refractivity contribution in [1.82, 2.24) is 0 Å². The largest absolute Gasteiger partial charge is 0.330 e. The number of rotatable bonds is 5. The number of benzene rings is 1. The predicted octanol–water partition coefficient (Wildman–Crippen LogP) is 4.17. The molecule has 1 aliphatic rings. The summed E-state index contributed by atoms with van der Waals surface area (Å²) in [5, 5.41) is 0.